The molecule has 7 nitrogen and oxygen atoms in total. The third-order valence-electron chi connectivity index (χ3n) is 4.59. The van der Waals surface area contributed by atoms with Crippen LogP contribution in [0.2, 0.25) is 0 Å². The van der Waals surface area contributed by atoms with Gasteiger partial charge < -0.3 is 0 Å². The van der Waals surface area contributed by atoms with Crippen LogP contribution in [0.4, 0.5) is 0 Å². The molecule has 0 fully saturated rings. The Bertz CT molecular complexity index is 1150. The lowest BCUT2D eigenvalue weighted by Gasteiger charge is -2.16. The number of thiophene rings is 1. The highest BCUT2D eigenvalue weighted by Crippen LogP contribution is 2.29. The van der Waals surface area contributed by atoms with Crippen molar-refractivity contribution in [3.05, 3.63) is 82.5 Å². The van der Waals surface area contributed by atoms with Crippen LogP contribution in [0, 0.1) is 0 Å². The Morgan fingerprint density at radius 1 is 1.00 bits per heavy atom. The fourth-order valence-corrected chi connectivity index (χ4v) is 5.79. The molecule has 2 amide bonds. The largest absolute Gasteiger partial charge is 0.280 e. The molecule has 0 spiro atoms. The minimum Gasteiger partial charge on any atom is -0.268 e. The van der Waals surface area contributed by atoms with Crippen LogP contribution < -0.4 is 0 Å². The van der Waals surface area contributed by atoms with Crippen LogP contribution in [0.1, 0.15) is 31.3 Å². The van der Waals surface area contributed by atoms with Crippen LogP contribution in [0.25, 0.3) is 0 Å². The lowest BCUT2D eigenvalue weighted by atomic mass is 10.2. The fraction of sp³-hybridized carbons (Fsp3) is 0.150. The molecule has 1 aliphatic heterocycles. The zero-order chi connectivity index (χ0) is 20.6. The molecule has 29 heavy (non-hydrogen) atoms. The monoisotopic (exact) mass is 427 g/mol. The van der Waals surface area contributed by atoms with E-state index < -0.39 is 21.8 Å². The van der Waals surface area contributed by atoms with E-state index in [1.54, 1.807) is 18.2 Å². The van der Waals surface area contributed by atoms with E-state index in [-0.39, 0.29) is 28.6 Å². The standard InChI is InChI=1S/C20H17N3O4S2/c1-22(12-14-6-3-2-4-7-14)29(26,27)17-10-9-15(28-17)13-23-19(24)16-8-5-11-21-18(16)20(23)25/h2-11H,12-13H2,1H3. The molecule has 0 radical (unpaired) electrons. The smallest absolute Gasteiger partial charge is 0.268 e. The molecule has 3 heterocycles. The van der Waals surface area contributed by atoms with E-state index >= 15 is 0 Å². The highest BCUT2D eigenvalue weighted by Gasteiger charge is 2.37. The van der Waals surface area contributed by atoms with Gasteiger partial charge in [-0.1, -0.05) is 30.3 Å². The second-order valence-corrected chi connectivity index (χ2v) is 10.0. The molecule has 1 aromatic carbocycles. The zero-order valence-electron chi connectivity index (χ0n) is 15.5. The minimum atomic E-state index is -3.68. The quantitative estimate of drug-likeness (QED) is 0.565. The topological polar surface area (TPSA) is 87.7 Å². The summed E-state index contributed by atoms with van der Waals surface area (Å²) in [6, 6.07) is 15.6. The number of benzene rings is 1. The van der Waals surface area contributed by atoms with Crippen LogP contribution in [0.3, 0.4) is 0 Å². The van der Waals surface area contributed by atoms with E-state index in [1.807, 2.05) is 30.3 Å². The molecule has 0 N–H and O–H groups in total. The average Bonchev–Trinajstić information content (AvgIpc) is 3.29. The van der Waals surface area contributed by atoms with Gasteiger partial charge in [0, 0.05) is 24.7 Å². The first-order valence-electron chi connectivity index (χ1n) is 8.78. The molecule has 2 aromatic heterocycles. The fourth-order valence-electron chi connectivity index (χ4n) is 3.07. The Balaban J connectivity index is 1.51. The summed E-state index contributed by atoms with van der Waals surface area (Å²) in [5, 5.41) is 0. The first kappa shape index (κ1) is 19.4. The van der Waals surface area contributed by atoms with Gasteiger partial charge in [-0.15, -0.1) is 11.3 Å². The molecule has 0 atom stereocenters. The van der Waals surface area contributed by atoms with E-state index in [0.717, 1.165) is 21.8 Å². The van der Waals surface area contributed by atoms with E-state index in [2.05, 4.69) is 4.98 Å². The number of hydrogen-bond donors (Lipinski definition) is 0. The van der Waals surface area contributed by atoms with Gasteiger partial charge >= 0.3 is 0 Å². The van der Waals surface area contributed by atoms with Crippen LogP contribution in [-0.4, -0.2) is 41.5 Å². The summed E-state index contributed by atoms with van der Waals surface area (Å²) < 4.78 is 27.2. The number of carbonyl (C=O) groups is 2. The Kier molecular flexibility index (Phi) is 5.03. The highest BCUT2D eigenvalue weighted by atomic mass is 32.2. The van der Waals surface area contributed by atoms with Crippen molar-refractivity contribution < 1.29 is 18.0 Å². The van der Waals surface area contributed by atoms with Crippen LogP contribution in [-0.2, 0) is 23.1 Å². The summed E-state index contributed by atoms with van der Waals surface area (Å²) in [6.07, 6.45) is 1.46. The van der Waals surface area contributed by atoms with E-state index in [4.69, 9.17) is 0 Å². The minimum absolute atomic E-state index is 0.0105. The van der Waals surface area contributed by atoms with Crippen molar-refractivity contribution in [2.75, 3.05) is 7.05 Å². The van der Waals surface area contributed by atoms with Gasteiger partial charge in [0.05, 0.1) is 12.1 Å². The zero-order valence-corrected chi connectivity index (χ0v) is 17.1. The van der Waals surface area contributed by atoms with Crippen molar-refractivity contribution in [2.24, 2.45) is 0 Å². The Labute approximate surface area is 172 Å². The van der Waals surface area contributed by atoms with Crippen molar-refractivity contribution in [2.45, 2.75) is 17.3 Å². The summed E-state index contributed by atoms with van der Waals surface area (Å²) in [5.74, 6) is -0.887. The predicted octanol–water partition coefficient (Wildman–Crippen LogP) is 2.76. The molecule has 9 heteroatoms. The van der Waals surface area contributed by atoms with E-state index in [9.17, 15) is 18.0 Å². The molecule has 0 unspecified atom stereocenters. The van der Waals surface area contributed by atoms with Gasteiger partial charge in [-0.25, -0.2) is 8.42 Å². The SMILES string of the molecule is CN(Cc1ccccc1)S(=O)(=O)c1ccc(CN2C(=O)c3cccnc3C2=O)s1. The molecule has 0 bridgehead atoms. The molecular formula is C20H17N3O4S2. The normalized spacial score (nSPS) is 13.9. The number of pyridine rings is 1. The molecule has 148 valence electrons. The van der Waals surface area contributed by atoms with Crippen molar-refractivity contribution in [3.63, 3.8) is 0 Å². The predicted molar refractivity (Wildman–Crippen MR) is 108 cm³/mol. The number of hydrogen-bond acceptors (Lipinski definition) is 6. The first-order valence-corrected chi connectivity index (χ1v) is 11.0. The van der Waals surface area contributed by atoms with Crippen molar-refractivity contribution in [3.8, 4) is 0 Å². The maximum absolute atomic E-state index is 12.9. The van der Waals surface area contributed by atoms with Crippen molar-refractivity contribution in [1.82, 2.24) is 14.2 Å². The van der Waals surface area contributed by atoms with Gasteiger partial charge in [0.1, 0.15) is 9.90 Å². The maximum atomic E-state index is 12.9. The number of amides is 2. The molecule has 0 saturated heterocycles. The summed E-state index contributed by atoms with van der Waals surface area (Å²) in [5.41, 5.74) is 1.28. The number of aromatic nitrogens is 1. The number of carbonyl (C=O) groups excluding carboxylic acids is 2. The van der Waals surface area contributed by atoms with Crippen LogP contribution >= 0.6 is 11.3 Å². The summed E-state index contributed by atoms with van der Waals surface area (Å²) in [6.45, 7) is 0.261. The second kappa shape index (κ2) is 7.51. The Morgan fingerprint density at radius 3 is 2.48 bits per heavy atom. The molecule has 0 saturated carbocycles. The third kappa shape index (κ3) is 3.59. The third-order valence-corrected chi connectivity index (χ3v) is 7.94. The summed E-state index contributed by atoms with van der Waals surface area (Å²) in [7, 11) is -2.15. The lowest BCUT2D eigenvalue weighted by molar-refractivity contribution is 0.0642. The number of fused-ring (bicyclic) bond motifs is 1. The molecule has 4 rings (SSSR count). The lowest BCUT2D eigenvalue weighted by Crippen LogP contribution is -2.28. The summed E-state index contributed by atoms with van der Waals surface area (Å²) >= 11 is 1.05. The number of sulfonamides is 1. The molecule has 1 aliphatic rings. The van der Waals surface area contributed by atoms with Crippen molar-refractivity contribution in [1.29, 1.82) is 0 Å². The number of rotatable bonds is 6. The highest BCUT2D eigenvalue weighted by molar-refractivity contribution is 7.91. The maximum Gasteiger partial charge on any atom is 0.280 e. The van der Waals surface area contributed by atoms with Crippen LogP contribution in [0.5, 0.6) is 0 Å². The molecule has 0 aliphatic carbocycles. The van der Waals surface area contributed by atoms with Crippen molar-refractivity contribution >= 4 is 33.2 Å². The molecular weight excluding hydrogens is 410 g/mol. The van der Waals surface area contributed by atoms with E-state index in [1.165, 1.54) is 23.6 Å². The van der Waals surface area contributed by atoms with Gasteiger partial charge in [-0.3, -0.25) is 19.5 Å². The second-order valence-electron chi connectivity index (χ2n) is 6.56. The summed E-state index contributed by atoms with van der Waals surface area (Å²) in [4.78, 5) is 30.6. The van der Waals surface area contributed by atoms with Gasteiger partial charge in [-0.05, 0) is 29.8 Å². The van der Waals surface area contributed by atoms with Gasteiger partial charge in [0.25, 0.3) is 21.8 Å². The average molecular weight is 428 g/mol. The van der Waals surface area contributed by atoms with E-state index in [0.29, 0.717) is 4.88 Å². The van der Waals surface area contributed by atoms with Crippen LogP contribution in [0.15, 0.2) is 65.0 Å². The first-order chi connectivity index (χ1) is 13.9. The van der Waals surface area contributed by atoms with Gasteiger partial charge in [-0.2, -0.15) is 4.31 Å². The molecule has 3 aromatic rings. The van der Waals surface area contributed by atoms with Gasteiger partial charge in [0.15, 0.2) is 0 Å². The Hall–Kier alpha value is -2.88. The number of imide groups is 1. The Morgan fingerprint density at radius 2 is 1.76 bits per heavy atom. The number of nitrogens with zero attached hydrogens (tertiary/aromatic N) is 3. The van der Waals surface area contributed by atoms with Gasteiger partial charge in [0.2, 0.25) is 0 Å².